The van der Waals surface area contributed by atoms with Crippen LogP contribution in [0.3, 0.4) is 0 Å². The van der Waals surface area contributed by atoms with Crippen LogP contribution >= 0.6 is 0 Å². The number of carbonyl (C=O) groups excluding carboxylic acids is 2. The number of furan rings is 1. The zero-order valence-corrected chi connectivity index (χ0v) is 22.9. The lowest BCUT2D eigenvalue weighted by atomic mass is 9.95. The number of ether oxygens (including phenoxy) is 2. The third-order valence-corrected chi connectivity index (χ3v) is 7.48. The minimum absolute atomic E-state index is 0.0962. The van der Waals surface area contributed by atoms with E-state index in [-0.39, 0.29) is 24.4 Å². The van der Waals surface area contributed by atoms with Crippen molar-refractivity contribution >= 4 is 11.8 Å². The molecule has 12 nitrogen and oxygen atoms in total. The quantitative estimate of drug-likeness (QED) is 0.382. The largest absolute Gasteiger partial charge is 0.497 e. The molecule has 2 aromatic heterocycles. The van der Waals surface area contributed by atoms with Crippen molar-refractivity contribution in [1.82, 2.24) is 35.3 Å². The Morgan fingerprint density at radius 3 is 2.60 bits per heavy atom. The Kier molecular flexibility index (Phi) is 9.40. The van der Waals surface area contributed by atoms with Crippen LogP contribution in [-0.4, -0.2) is 94.4 Å². The molecule has 2 amide bonds. The zero-order valence-electron chi connectivity index (χ0n) is 22.9. The first-order valence-electron chi connectivity index (χ1n) is 14.0. The van der Waals surface area contributed by atoms with Crippen LogP contribution in [0.1, 0.15) is 43.9 Å². The van der Waals surface area contributed by atoms with Crippen molar-refractivity contribution in [2.45, 2.75) is 50.7 Å². The molecule has 214 valence electrons. The predicted octanol–water partition coefficient (Wildman–Crippen LogP) is 2.29. The predicted molar refractivity (Wildman–Crippen MR) is 145 cm³/mol. The van der Waals surface area contributed by atoms with Gasteiger partial charge in [0.1, 0.15) is 18.1 Å². The van der Waals surface area contributed by atoms with Crippen LogP contribution in [0.2, 0.25) is 0 Å². The third-order valence-electron chi connectivity index (χ3n) is 7.48. The molecule has 1 saturated carbocycles. The molecule has 1 aliphatic heterocycles. The van der Waals surface area contributed by atoms with Crippen molar-refractivity contribution in [3.05, 3.63) is 48.4 Å². The number of carbonyl (C=O) groups is 2. The average Bonchev–Trinajstić information content (AvgIpc) is 3.69. The first kappa shape index (κ1) is 27.8. The van der Waals surface area contributed by atoms with Gasteiger partial charge in [-0.25, -0.2) is 0 Å². The van der Waals surface area contributed by atoms with Gasteiger partial charge in [-0.2, -0.15) is 4.80 Å². The molecule has 0 bridgehead atoms. The lowest BCUT2D eigenvalue weighted by Crippen LogP contribution is -2.50. The number of rotatable bonds is 11. The van der Waals surface area contributed by atoms with E-state index in [2.05, 4.69) is 25.6 Å². The van der Waals surface area contributed by atoms with Crippen molar-refractivity contribution in [3.63, 3.8) is 0 Å². The van der Waals surface area contributed by atoms with Crippen LogP contribution < -0.4 is 10.1 Å². The lowest BCUT2D eigenvalue weighted by molar-refractivity contribution is -0.143. The number of nitrogens with one attached hydrogen (secondary N) is 1. The van der Waals surface area contributed by atoms with Gasteiger partial charge < -0.3 is 24.1 Å². The molecule has 0 unspecified atom stereocenters. The molecule has 2 fully saturated rings. The van der Waals surface area contributed by atoms with Gasteiger partial charge in [-0.3, -0.25) is 14.5 Å². The maximum atomic E-state index is 13.9. The topological polar surface area (TPSA) is 128 Å². The highest BCUT2D eigenvalue weighted by Gasteiger charge is 2.35. The number of morpholine rings is 1. The molecule has 1 aliphatic carbocycles. The molecular weight excluding hydrogens is 514 g/mol. The SMILES string of the molecule is COc1ccc(-c2nnn(CC(=O)N(CCN3CCOCC3)[C@H](C(=O)NC3CCCCC3)c3ccco3)n2)cc1. The number of benzene rings is 1. The van der Waals surface area contributed by atoms with Gasteiger partial charge in [0.15, 0.2) is 6.04 Å². The highest BCUT2D eigenvalue weighted by Crippen LogP contribution is 2.25. The molecule has 1 N–H and O–H groups in total. The van der Waals surface area contributed by atoms with Crippen molar-refractivity contribution < 1.29 is 23.5 Å². The van der Waals surface area contributed by atoms with E-state index in [1.807, 2.05) is 24.3 Å². The fourth-order valence-electron chi connectivity index (χ4n) is 5.25. The van der Waals surface area contributed by atoms with Gasteiger partial charge in [0.25, 0.3) is 5.91 Å². The van der Waals surface area contributed by atoms with Crippen LogP contribution in [0.4, 0.5) is 0 Å². The van der Waals surface area contributed by atoms with Crippen molar-refractivity contribution in [3.8, 4) is 17.1 Å². The summed E-state index contributed by atoms with van der Waals surface area (Å²) in [7, 11) is 1.60. The van der Waals surface area contributed by atoms with Crippen LogP contribution in [0.5, 0.6) is 5.75 Å². The Morgan fingerprint density at radius 1 is 1.12 bits per heavy atom. The highest BCUT2D eigenvalue weighted by atomic mass is 16.5. The zero-order chi connectivity index (χ0) is 27.7. The van der Waals surface area contributed by atoms with Crippen LogP contribution in [0.25, 0.3) is 11.4 Å². The van der Waals surface area contributed by atoms with Gasteiger partial charge in [0.05, 0.1) is 26.6 Å². The number of tetrazole rings is 1. The van der Waals surface area contributed by atoms with E-state index in [0.717, 1.165) is 50.1 Å². The summed E-state index contributed by atoms with van der Waals surface area (Å²) in [6, 6.07) is 9.96. The summed E-state index contributed by atoms with van der Waals surface area (Å²) in [6.45, 7) is 3.62. The van der Waals surface area contributed by atoms with E-state index < -0.39 is 6.04 Å². The maximum Gasteiger partial charge on any atom is 0.250 e. The van der Waals surface area contributed by atoms with E-state index in [4.69, 9.17) is 13.9 Å². The summed E-state index contributed by atoms with van der Waals surface area (Å²) in [5.74, 6) is 1.01. The first-order valence-corrected chi connectivity index (χ1v) is 14.0. The molecule has 12 heteroatoms. The summed E-state index contributed by atoms with van der Waals surface area (Å²) in [6.07, 6.45) is 6.77. The molecular formula is C28H37N7O5. The molecule has 40 heavy (non-hydrogen) atoms. The van der Waals surface area contributed by atoms with Gasteiger partial charge >= 0.3 is 0 Å². The van der Waals surface area contributed by atoms with Crippen molar-refractivity contribution in [2.75, 3.05) is 46.5 Å². The second kappa shape index (κ2) is 13.5. The Bertz CT molecular complexity index is 1220. The highest BCUT2D eigenvalue weighted by molar-refractivity contribution is 5.88. The van der Waals surface area contributed by atoms with Gasteiger partial charge in [-0.05, 0) is 54.5 Å². The number of nitrogens with zero attached hydrogens (tertiary/aromatic N) is 6. The van der Waals surface area contributed by atoms with Crippen LogP contribution in [-0.2, 0) is 20.9 Å². The Balaban J connectivity index is 1.36. The van der Waals surface area contributed by atoms with E-state index in [1.54, 1.807) is 24.1 Å². The van der Waals surface area contributed by atoms with Crippen molar-refractivity contribution in [2.24, 2.45) is 0 Å². The fraction of sp³-hybridized carbons (Fsp3) is 0.536. The van der Waals surface area contributed by atoms with Crippen LogP contribution in [0, 0.1) is 0 Å². The summed E-state index contributed by atoms with van der Waals surface area (Å²) in [5, 5.41) is 15.9. The molecule has 1 saturated heterocycles. The average molecular weight is 552 g/mol. The Hall–Kier alpha value is -3.77. The second-order valence-corrected chi connectivity index (χ2v) is 10.2. The Morgan fingerprint density at radius 2 is 1.90 bits per heavy atom. The lowest BCUT2D eigenvalue weighted by Gasteiger charge is -2.34. The molecule has 3 heterocycles. The minimum atomic E-state index is -0.907. The molecule has 2 aliphatic rings. The summed E-state index contributed by atoms with van der Waals surface area (Å²) >= 11 is 0. The van der Waals surface area contributed by atoms with Gasteiger partial charge in [-0.1, -0.05) is 19.3 Å². The minimum Gasteiger partial charge on any atom is -0.497 e. The second-order valence-electron chi connectivity index (χ2n) is 10.2. The van der Waals surface area contributed by atoms with Gasteiger partial charge in [0.2, 0.25) is 11.7 Å². The molecule has 1 aromatic carbocycles. The fourth-order valence-corrected chi connectivity index (χ4v) is 5.25. The van der Waals surface area contributed by atoms with Crippen molar-refractivity contribution in [1.29, 1.82) is 0 Å². The molecule has 0 spiro atoms. The first-order chi connectivity index (χ1) is 19.6. The van der Waals surface area contributed by atoms with E-state index in [9.17, 15) is 9.59 Å². The molecule has 5 rings (SSSR count). The van der Waals surface area contributed by atoms with E-state index in [0.29, 0.717) is 37.9 Å². The molecule has 3 aromatic rings. The molecule has 0 radical (unpaired) electrons. The standard InChI is InChI=1S/C28H37N7O5/c1-38-23-11-9-21(10-12-23)27-30-32-35(31-27)20-25(36)34(14-13-33-15-18-39-19-16-33)26(24-8-5-17-40-24)28(37)29-22-6-3-2-4-7-22/h5,8-12,17,22,26H,2-4,6-7,13-16,18-20H2,1H3,(H,29,37)/t26-/m0/s1. The van der Waals surface area contributed by atoms with E-state index >= 15 is 0 Å². The number of methoxy groups -OCH3 is 1. The number of aromatic nitrogens is 4. The number of amides is 2. The van der Waals surface area contributed by atoms with E-state index in [1.165, 1.54) is 17.5 Å². The summed E-state index contributed by atoms with van der Waals surface area (Å²) < 4.78 is 16.4. The smallest absolute Gasteiger partial charge is 0.250 e. The summed E-state index contributed by atoms with van der Waals surface area (Å²) in [5.41, 5.74) is 0.754. The van der Waals surface area contributed by atoms with Gasteiger partial charge in [-0.15, -0.1) is 10.2 Å². The molecule has 1 atom stereocenters. The summed E-state index contributed by atoms with van der Waals surface area (Å²) in [4.78, 5) is 32.7. The number of hydrogen-bond acceptors (Lipinski definition) is 9. The number of hydrogen-bond donors (Lipinski definition) is 1. The monoisotopic (exact) mass is 551 g/mol. The van der Waals surface area contributed by atoms with Crippen LogP contribution in [0.15, 0.2) is 47.1 Å². The normalized spacial score (nSPS) is 17.3. The maximum absolute atomic E-state index is 13.9. The van der Waals surface area contributed by atoms with Gasteiger partial charge in [0, 0.05) is 37.8 Å². The third kappa shape index (κ3) is 7.05. The Labute approximate surface area is 233 Å².